The lowest BCUT2D eigenvalue weighted by Crippen LogP contribution is -2.20. The van der Waals surface area contributed by atoms with Crippen LogP contribution in [0.4, 0.5) is 5.69 Å². The first-order chi connectivity index (χ1) is 15.0. The van der Waals surface area contributed by atoms with Gasteiger partial charge >= 0.3 is 0 Å². The van der Waals surface area contributed by atoms with Crippen molar-refractivity contribution in [1.82, 2.24) is 5.32 Å². The summed E-state index contributed by atoms with van der Waals surface area (Å²) in [7, 11) is 0. The molecule has 3 N–H and O–H groups in total. The molecule has 0 saturated carbocycles. The lowest BCUT2D eigenvalue weighted by Gasteiger charge is -2.11. The molecule has 0 bridgehead atoms. The first kappa shape index (κ1) is 22.2. The van der Waals surface area contributed by atoms with Crippen LogP contribution < -0.4 is 25.3 Å². The average Bonchev–Trinajstić information content (AvgIpc) is 3.08. The molecule has 2 amide bonds. The predicted molar refractivity (Wildman–Crippen MR) is 121 cm³/mol. The summed E-state index contributed by atoms with van der Waals surface area (Å²) in [6.07, 6.45) is 1.74. The molecule has 1 fully saturated rings. The van der Waals surface area contributed by atoms with Gasteiger partial charge in [0.25, 0.3) is 11.8 Å². The highest BCUT2D eigenvalue weighted by molar-refractivity contribution is 8.18. The number of thioether (sulfide) groups is 1. The molecule has 0 atom stereocenters. The van der Waals surface area contributed by atoms with Gasteiger partial charge in [0.1, 0.15) is 5.75 Å². The van der Waals surface area contributed by atoms with Gasteiger partial charge < -0.3 is 25.3 Å². The number of carbonyl (C=O) groups excluding carboxylic acids is 2. The van der Waals surface area contributed by atoms with E-state index in [1.165, 1.54) is 11.8 Å². The van der Waals surface area contributed by atoms with Crippen molar-refractivity contribution in [2.45, 2.75) is 13.8 Å². The second kappa shape index (κ2) is 10.5. The third kappa shape index (κ3) is 6.26. The SMILES string of the molecule is CCOc1ccc(N=C2NC(=O)/C(=C/c3ccc(OCC(N)=O)c(OCC)c3)S2)cc1. The number of hydrogen-bond acceptors (Lipinski definition) is 7. The minimum atomic E-state index is -0.577. The molecular weight excluding hydrogens is 418 g/mol. The number of amides is 2. The van der Waals surface area contributed by atoms with Crippen LogP contribution in [0.5, 0.6) is 17.2 Å². The van der Waals surface area contributed by atoms with E-state index in [0.29, 0.717) is 40.5 Å². The van der Waals surface area contributed by atoms with E-state index in [4.69, 9.17) is 19.9 Å². The number of amidine groups is 1. The van der Waals surface area contributed by atoms with Gasteiger partial charge in [-0.05, 0) is 73.6 Å². The number of nitrogens with one attached hydrogen (secondary N) is 1. The van der Waals surface area contributed by atoms with E-state index in [1.807, 2.05) is 38.1 Å². The summed E-state index contributed by atoms with van der Waals surface area (Å²) < 4.78 is 16.4. The van der Waals surface area contributed by atoms with Crippen LogP contribution in [0.1, 0.15) is 19.4 Å². The van der Waals surface area contributed by atoms with Crippen molar-refractivity contribution < 1.29 is 23.8 Å². The third-order valence-electron chi connectivity index (χ3n) is 3.96. The monoisotopic (exact) mass is 441 g/mol. The molecule has 31 heavy (non-hydrogen) atoms. The van der Waals surface area contributed by atoms with Crippen molar-refractivity contribution in [3.8, 4) is 17.2 Å². The zero-order valence-electron chi connectivity index (χ0n) is 17.2. The van der Waals surface area contributed by atoms with E-state index in [2.05, 4.69) is 10.3 Å². The molecule has 1 heterocycles. The van der Waals surface area contributed by atoms with Gasteiger partial charge in [0, 0.05) is 0 Å². The maximum absolute atomic E-state index is 12.4. The first-order valence-electron chi connectivity index (χ1n) is 9.69. The summed E-state index contributed by atoms with van der Waals surface area (Å²) in [4.78, 5) is 28.3. The third-order valence-corrected chi connectivity index (χ3v) is 4.87. The van der Waals surface area contributed by atoms with Crippen molar-refractivity contribution >= 4 is 40.5 Å². The standard InChI is InChI=1S/C22H23N3O5S/c1-3-28-16-8-6-15(7-9-16)24-22-25-21(27)19(31-22)12-14-5-10-17(30-13-20(23)26)18(11-14)29-4-2/h5-12H,3-4,13H2,1-2H3,(H2,23,26)(H,24,25,27)/b19-12-. The quantitative estimate of drug-likeness (QED) is 0.578. The number of rotatable bonds is 9. The number of nitrogens with two attached hydrogens (primary N) is 1. The molecule has 0 aliphatic carbocycles. The molecule has 2 aromatic rings. The van der Waals surface area contributed by atoms with Gasteiger partial charge in [-0.15, -0.1) is 0 Å². The highest BCUT2D eigenvalue weighted by Gasteiger charge is 2.24. The zero-order chi connectivity index (χ0) is 22.2. The van der Waals surface area contributed by atoms with Crippen LogP contribution >= 0.6 is 11.8 Å². The second-order valence-electron chi connectivity index (χ2n) is 6.30. The zero-order valence-corrected chi connectivity index (χ0v) is 18.0. The second-order valence-corrected chi connectivity index (χ2v) is 7.33. The molecule has 0 radical (unpaired) electrons. The van der Waals surface area contributed by atoms with Crippen LogP contribution in [0.25, 0.3) is 6.08 Å². The van der Waals surface area contributed by atoms with Gasteiger partial charge in [-0.25, -0.2) is 4.99 Å². The van der Waals surface area contributed by atoms with E-state index in [-0.39, 0.29) is 12.5 Å². The number of nitrogens with zero attached hydrogens (tertiary/aromatic N) is 1. The molecule has 0 spiro atoms. The van der Waals surface area contributed by atoms with Gasteiger partial charge in [-0.2, -0.15) is 0 Å². The Morgan fingerprint density at radius 1 is 1.06 bits per heavy atom. The Bertz CT molecular complexity index is 1020. The fourth-order valence-corrected chi connectivity index (χ4v) is 3.53. The summed E-state index contributed by atoms with van der Waals surface area (Å²) in [5.74, 6) is 0.825. The molecule has 1 aliphatic heterocycles. The van der Waals surface area contributed by atoms with Gasteiger partial charge in [0.15, 0.2) is 23.3 Å². The molecular formula is C22H23N3O5S. The molecule has 9 heteroatoms. The summed E-state index contributed by atoms with van der Waals surface area (Å²) in [5.41, 5.74) is 6.58. The van der Waals surface area contributed by atoms with Crippen LogP contribution in [0, 0.1) is 0 Å². The van der Waals surface area contributed by atoms with Crippen molar-refractivity contribution in [3.63, 3.8) is 0 Å². The van der Waals surface area contributed by atoms with Crippen molar-refractivity contribution in [2.24, 2.45) is 10.7 Å². The van der Waals surface area contributed by atoms with Crippen LogP contribution in [-0.2, 0) is 9.59 Å². The fourth-order valence-electron chi connectivity index (χ4n) is 2.68. The Morgan fingerprint density at radius 2 is 1.81 bits per heavy atom. The smallest absolute Gasteiger partial charge is 0.264 e. The highest BCUT2D eigenvalue weighted by Crippen LogP contribution is 2.32. The van der Waals surface area contributed by atoms with Crippen molar-refractivity contribution in [1.29, 1.82) is 0 Å². The topological polar surface area (TPSA) is 112 Å². The summed E-state index contributed by atoms with van der Waals surface area (Å²) in [5, 5.41) is 3.26. The van der Waals surface area contributed by atoms with Crippen LogP contribution in [-0.4, -0.2) is 36.8 Å². The Morgan fingerprint density at radius 3 is 2.48 bits per heavy atom. The largest absolute Gasteiger partial charge is 0.494 e. The van der Waals surface area contributed by atoms with Crippen LogP contribution in [0.2, 0.25) is 0 Å². The lowest BCUT2D eigenvalue weighted by atomic mass is 10.2. The van der Waals surface area contributed by atoms with Gasteiger partial charge in [-0.3, -0.25) is 9.59 Å². The van der Waals surface area contributed by atoms with Gasteiger partial charge in [-0.1, -0.05) is 6.07 Å². The maximum atomic E-state index is 12.4. The Balaban J connectivity index is 1.76. The summed E-state index contributed by atoms with van der Waals surface area (Å²) >= 11 is 1.25. The number of carbonyl (C=O) groups is 2. The minimum Gasteiger partial charge on any atom is -0.494 e. The Hall–Kier alpha value is -3.46. The van der Waals surface area contributed by atoms with E-state index in [1.54, 1.807) is 24.3 Å². The maximum Gasteiger partial charge on any atom is 0.264 e. The summed E-state index contributed by atoms with van der Waals surface area (Å²) in [6.45, 7) is 4.53. The number of aliphatic imine (C=N–C) groups is 1. The van der Waals surface area contributed by atoms with Gasteiger partial charge in [0.05, 0.1) is 23.8 Å². The number of hydrogen-bond donors (Lipinski definition) is 2. The van der Waals surface area contributed by atoms with Crippen molar-refractivity contribution in [3.05, 3.63) is 52.9 Å². The Labute approximate surface area is 184 Å². The van der Waals surface area contributed by atoms with Crippen molar-refractivity contribution in [2.75, 3.05) is 19.8 Å². The first-order valence-corrected chi connectivity index (χ1v) is 10.5. The molecule has 2 aromatic carbocycles. The molecule has 0 unspecified atom stereocenters. The molecule has 8 nitrogen and oxygen atoms in total. The summed E-state index contributed by atoms with van der Waals surface area (Å²) in [6, 6.07) is 12.5. The lowest BCUT2D eigenvalue weighted by molar-refractivity contribution is -0.120. The number of primary amides is 1. The minimum absolute atomic E-state index is 0.235. The van der Waals surface area contributed by atoms with E-state index in [0.717, 1.165) is 11.3 Å². The number of ether oxygens (including phenoxy) is 3. The van der Waals surface area contributed by atoms with Crippen LogP contribution in [0.3, 0.4) is 0 Å². The van der Waals surface area contributed by atoms with Gasteiger partial charge in [0.2, 0.25) is 0 Å². The fraction of sp³-hybridized carbons (Fsp3) is 0.227. The average molecular weight is 442 g/mol. The van der Waals surface area contributed by atoms with Crippen LogP contribution in [0.15, 0.2) is 52.4 Å². The van der Waals surface area contributed by atoms with E-state index < -0.39 is 5.91 Å². The molecule has 3 rings (SSSR count). The number of benzene rings is 2. The Kier molecular flexibility index (Phi) is 7.55. The molecule has 0 aromatic heterocycles. The molecule has 1 aliphatic rings. The predicted octanol–water partition coefficient (Wildman–Crippen LogP) is 3.24. The normalized spacial score (nSPS) is 15.7. The van der Waals surface area contributed by atoms with E-state index >= 15 is 0 Å². The molecule has 162 valence electrons. The molecule has 1 saturated heterocycles. The van der Waals surface area contributed by atoms with E-state index in [9.17, 15) is 9.59 Å². The highest BCUT2D eigenvalue weighted by atomic mass is 32.2.